The summed E-state index contributed by atoms with van der Waals surface area (Å²) in [4.78, 5) is 24.6. The highest BCUT2D eigenvalue weighted by Crippen LogP contribution is 1.87. The van der Waals surface area contributed by atoms with Crippen molar-refractivity contribution >= 4 is 18.3 Å². The zero-order valence-corrected chi connectivity index (χ0v) is 8.53. The molecule has 0 fully saturated rings. The minimum atomic E-state index is -0.205. The van der Waals surface area contributed by atoms with Gasteiger partial charge < -0.3 is 22.1 Å². The predicted octanol–water partition coefficient (Wildman–Crippen LogP) is -2.10. The van der Waals surface area contributed by atoms with Gasteiger partial charge in [0.05, 0.1) is 6.54 Å². The van der Waals surface area contributed by atoms with Crippen LogP contribution in [-0.4, -0.2) is 37.9 Å². The molecule has 6 N–H and O–H groups in total. The van der Waals surface area contributed by atoms with E-state index in [-0.39, 0.29) is 18.4 Å². The molecule has 0 aromatic carbocycles. The normalized spacial score (nSPS) is 9.07. The van der Waals surface area contributed by atoms with Crippen LogP contribution in [0.4, 0.5) is 0 Å². The zero-order chi connectivity index (χ0) is 11.5. The summed E-state index contributed by atoms with van der Waals surface area (Å²) in [6, 6.07) is 0. The van der Waals surface area contributed by atoms with Crippen LogP contribution >= 0.6 is 0 Å². The minimum Gasteiger partial charge on any atom is -0.370 e. The molecule has 0 aliphatic heterocycles. The number of hydrogen-bond donors (Lipinski definition) is 4. The molecule has 0 rings (SSSR count). The standard InChI is InChI=1S/C8H17N5O2/c9-8(10)13-4-2-1-3-12-7(15)5-11-6-14/h6H,1-5H2,(H,11,14)(H,12,15)(H4,9,10,13). The molecule has 0 heterocycles. The average Bonchev–Trinajstić information content (AvgIpc) is 2.19. The summed E-state index contributed by atoms with van der Waals surface area (Å²) in [7, 11) is 0. The monoisotopic (exact) mass is 215 g/mol. The number of carbonyl (C=O) groups is 2. The molecule has 0 aromatic heterocycles. The Hall–Kier alpha value is -1.79. The van der Waals surface area contributed by atoms with Crippen LogP contribution in [0.1, 0.15) is 12.8 Å². The smallest absolute Gasteiger partial charge is 0.239 e. The Morgan fingerprint density at radius 2 is 2.07 bits per heavy atom. The van der Waals surface area contributed by atoms with E-state index in [1.165, 1.54) is 0 Å². The summed E-state index contributed by atoms with van der Waals surface area (Å²) in [6.07, 6.45) is 2.08. The lowest BCUT2D eigenvalue weighted by Gasteiger charge is -2.03. The van der Waals surface area contributed by atoms with Crippen LogP contribution in [0.2, 0.25) is 0 Å². The molecule has 0 bridgehead atoms. The van der Waals surface area contributed by atoms with Crippen molar-refractivity contribution in [1.29, 1.82) is 0 Å². The van der Waals surface area contributed by atoms with Gasteiger partial charge >= 0.3 is 0 Å². The Morgan fingerprint density at radius 3 is 2.67 bits per heavy atom. The van der Waals surface area contributed by atoms with E-state index in [4.69, 9.17) is 11.5 Å². The van der Waals surface area contributed by atoms with Crippen LogP contribution in [0.3, 0.4) is 0 Å². The lowest BCUT2D eigenvalue weighted by molar-refractivity contribution is -0.122. The van der Waals surface area contributed by atoms with E-state index in [9.17, 15) is 9.59 Å². The lowest BCUT2D eigenvalue weighted by atomic mass is 10.3. The van der Waals surface area contributed by atoms with Gasteiger partial charge in [0.25, 0.3) is 0 Å². The van der Waals surface area contributed by atoms with E-state index in [0.717, 1.165) is 12.8 Å². The average molecular weight is 215 g/mol. The number of amides is 2. The zero-order valence-electron chi connectivity index (χ0n) is 8.53. The number of rotatable bonds is 8. The van der Waals surface area contributed by atoms with Gasteiger partial charge in [0.2, 0.25) is 12.3 Å². The van der Waals surface area contributed by atoms with E-state index in [1.54, 1.807) is 0 Å². The van der Waals surface area contributed by atoms with Crippen LogP contribution in [0.15, 0.2) is 4.99 Å². The maximum Gasteiger partial charge on any atom is 0.239 e. The van der Waals surface area contributed by atoms with Gasteiger partial charge in [0.15, 0.2) is 5.96 Å². The second-order valence-corrected chi connectivity index (χ2v) is 2.86. The molecular formula is C8H17N5O2. The molecule has 0 atom stereocenters. The SMILES string of the molecule is NC(N)=NCCCCNC(=O)CNC=O. The van der Waals surface area contributed by atoms with Gasteiger partial charge in [-0.25, -0.2) is 0 Å². The largest absolute Gasteiger partial charge is 0.370 e. The molecule has 0 aliphatic carbocycles. The third-order valence-electron chi connectivity index (χ3n) is 1.55. The first-order chi connectivity index (χ1) is 7.16. The van der Waals surface area contributed by atoms with Crippen molar-refractivity contribution in [2.24, 2.45) is 16.5 Å². The number of carbonyl (C=O) groups excluding carboxylic acids is 2. The van der Waals surface area contributed by atoms with Gasteiger partial charge in [-0.05, 0) is 12.8 Å². The first kappa shape index (κ1) is 13.2. The number of aliphatic imine (C=N–C) groups is 1. The van der Waals surface area contributed by atoms with Crippen molar-refractivity contribution in [3.05, 3.63) is 0 Å². The number of unbranched alkanes of at least 4 members (excludes halogenated alkanes) is 1. The van der Waals surface area contributed by atoms with E-state index in [0.29, 0.717) is 19.5 Å². The molecule has 0 unspecified atom stereocenters. The maximum atomic E-state index is 10.9. The molecule has 2 amide bonds. The summed E-state index contributed by atoms with van der Waals surface area (Å²) in [6.45, 7) is 1.13. The van der Waals surface area contributed by atoms with Crippen LogP contribution in [0.5, 0.6) is 0 Å². The second kappa shape index (κ2) is 8.79. The number of nitrogens with zero attached hydrogens (tertiary/aromatic N) is 1. The van der Waals surface area contributed by atoms with Crippen LogP contribution < -0.4 is 22.1 Å². The number of nitrogens with one attached hydrogen (secondary N) is 2. The summed E-state index contributed by atoms with van der Waals surface area (Å²) >= 11 is 0. The number of guanidine groups is 1. The van der Waals surface area contributed by atoms with Gasteiger partial charge in [0.1, 0.15) is 0 Å². The molecule has 7 heteroatoms. The van der Waals surface area contributed by atoms with Gasteiger partial charge in [-0.2, -0.15) is 0 Å². The molecule has 0 radical (unpaired) electrons. The molecule has 7 nitrogen and oxygen atoms in total. The Morgan fingerprint density at radius 1 is 1.33 bits per heavy atom. The van der Waals surface area contributed by atoms with E-state index >= 15 is 0 Å². The van der Waals surface area contributed by atoms with Crippen molar-refractivity contribution < 1.29 is 9.59 Å². The van der Waals surface area contributed by atoms with Gasteiger partial charge in [0, 0.05) is 13.1 Å². The molecule has 0 spiro atoms. The fourth-order valence-corrected chi connectivity index (χ4v) is 0.870. The summed E-state index contributed by atoms with van der Waals surface area (Å²) in [5.41, 5.74) is 10.3. The van der Waals surface area contributed by atoms with Gasteiger partial charge in [-0.1, -0.05) is 0 Å². The van der Waals surface area contributed by atoms with Crippen LogP contribution in [0, 0.1) is 0 Å². The quantitative estimate of drug-likeness (QED) is 0.160. The molecule has 86 valence electrons. The molecule has 0 saturated carbocycles. The first-order valence-electron chi connectivity index (χ1n) is 4.66. The van der Waals surface area contributed by atoms with Crippen molar-refractivity contribution in [1.82, 2.24) is 10.6 Å². The van der Waals surface area contributed by atoms with Crippen molar-refractivity contribution in [3.8, 4) is 0 Å². The molecule has 0 saturated heterocycles. The summed E-state index contributed by atoms with van der Waals surface area (Å²) in [5.74, 6) is -0.127. The third kappa shape index (κ3) is 10.1. The fourth-order valence-electron chi connectivity index (χ4n) is 0.870. The lowest BCUT2D eigenvalue weighted by Crippen LogP contribution is -2.33. The van der Waals surface area contributed by atoms with Crippen LogP contribution in [0.25, 0.3) is 0 Å². The van der Waals surface area contributed by atoms with Crippen molar-refractivity contribution in [2.45, 2.75) is 12.8 Å². The Bertz CT molecular complexity index is 225. The molecular weight excluding hydrogens is 198 g/mol. The Labute approximate surface area is 88.3 Å². The highest BCUT2D eigenvalue weighted by molar-refractivity contribution is 5.79. The van der Waals surface area contributed by atoms with Gasteiger partial charge in [-0.15, -0.1) is 0 Å². The Kier molecular flexibility index (Phi) is 7.74. The second-order valence-electron chi connectivity index (χ2n) is 2.86. The molecule has 15 heavy (non-hydrogen) atoms. The van der Waals surface area contributed by atoms with E-state index in [1.807, 2.05) is 0 Å². The number of nitrogens with two attached hydrogens (primary N) is 2. The fraction of sp³-hybridized carbons (Fsp3) is 0.625. The highest BCUT2D eigenvalue weighted by Gasteiger charge is 1.97. The maximum absolute atomic E-state index is 10.9. The summed E-state index contributed by atoms with van der Waals surface area (Å²) in [5, 5.41) is 4.90. The molecule has 0 aromatic rings. The van der Waals surface area contributed by atoms with E-state index in [2.05, 4.69) is 15.6 Å². The Balaban J connectivity index is 3.27. The van der Waals surface area contributed by atoms with Gasteiger partial charge in [-0.3, -0.25) is 14.6 Å². The number of hydrogen-bond acceptors (Lipinski definition) is 3. The van der Waals surface area contributed by atoms with Crippen molar-refractivity contribution in [3.63, 3.8) is 0 Å². The minimum absolute atomic E-state index is 0.0113. The summed E-state index contributed by atoms with van der Waals surface area (Å²) < 4.78 is 0. The predicted molar refractivity (Wildman–Crippen MR) is 57.0 cm³/mol. The van der Waals surface area contributed by atoms with Crippen molar-refractivity contribution in [2.75, 3.05) is 19.6 Å². The van der Waals surface area contributed by atoms with Crippen LogP contribution in [-0.2, 0) is 9.59 Å². The molecule has 0 aliphatic rings. The highest BCUT2D eigenvalue weighted by atomic mass is 16.2. The van der Waals surface area contributed by atoms with E-state index < -0.39 is 0 Å². The third-order valence-corrected chi connectivity index (χ3v) is 1.55. The topological polar surface area (TPSA) is 123 Å². The first-order valence-corrected chi connectivity index (χ1v) is 4.66.